The highest BCUT2D eigenvalue weighted by molar-refractivity contribution is 5.74. The van der Waals surface area contributed by atoms with Crippen LogP contribution in [0.5, 0.6) is 0 Å². The van der Waals surface area contributed by atoms with Gasteiger partial charge in [0, 0.05) is 43.8 Å². The van der Waals surface area contributed by atoms with Crippen molar-refractivity contribution in [2.75, 3.05) is 18.0 Å². The maximum Gasteiger partial charge on any atom is 0.315 e. The van der Waals surface area contributed by atoms with Gasteiger partial charge in [-0.05, 0) is 36.2 Å². The lowest BCUT2D eigenvalue weighted by Crippen LogP contribution is -2.43. The average Bonchev–Trinajstić information content (AvgIpc) is 3.03. The summed E-state index contributed by atoms with van der Waals surface area (Å²) in [6.07, 6.45) is 4.42. The number of benzene rings is 1. The number of nitrogens with zero attached hydrogens (tertiary/aromatic N) is 2. The molecule has 3 rings (SSSR count). The third kappa shape index (κ3) is 3.75. The Morgan fingerprint density at radius 1 is 1.18 bits per heavy atom. The first-order valence-corrected chi connectivity index (χ1v) is 7.54. The van der Waals surface area contributed by atoms with Crippen LogP contribution in [0, 0.1) is 0 Å². The van der Waals surface area contributed by atoms with Gasteiger partial charge in [0.15, 0.2) is 0 Å². The van der Waals surface area contributed by atoms with Crippen LogP contribution in [0.3, 0.4) is 0 Å². The molecule has 1 aliphatic rings. The van der Waals surface area contributed by atoms with Gasteiger partial charge in [-0.25, -0.2) is 4.79 Å². The molecule has 2 amide bonds. The number of anilines is 1. The Hall–Kier alpha value is -2.56. The van der Waals surface area contributed by atoms with E-state index >= 15 is 0 Å². The van der Waals surface area contributed by atoms with E-state index < -0.39 is 0 Å². The fourth-order valence-electron chi connectivity index (χ4n) is 2.67. The summed E-state index contributed by atoms with van der Waals surface area (Å²) in [5, 5.41) is 5.93. The molecule has 0 aliphatic carbocycles. The van der Waals surface area contributed by atoms with Gasteiger partial charge in [0.1, 0.15) is 0 Å². The zero-order valence-corrected chi connectivity index (χ0v) is 12.4. The summed E-state index contributed by atoms with van der Waals surface area (Å²) in [4.78, 5) is 18.2. The predicted molar refractivity (Wildman–Crippen MR) is 86.7 cm³/mol. The maximum atomic E-state index is 12.0. The monoisotopic (exact) mass is 296 g/mol. The van der Waals surface area contributed by atoms with Gasteiger partial charge in [0.2, 0.25) is 0 Å². The summed E-state index contributed by atoms with van der Waals surface area (Å²) >= 11 is 0. The molecule has 5 heteroatoms. The topological polar surface area (TPSA) is 57.3 Å². The SMILES string of the molecule is O=C(NCc1ccncc1)N[C@@H]1CCN(c2ccccc2)C1. The maximum absolute atomic E-state index is 12.0. The third-order valence-corrected chi connectivity index (χ3v) is 3.85. The summed E-state index contributed by atoms with van der Waals surface area (Å²) in [6, 6.07) is 14.2. The Balaban J connectivity index is 1.45. The van der Waals surface area contributed by atoms with Gasteiger partial charge < -0.3 is 15.5 Å². The van der Waals surface area contributed by atoms with E-state index in [-0.39, 0.29) is 12.1 Å². The van der Waals surface area contributed by atoms with Crippen LogP contribution in [0.4, 0.5) is 10.5 Å². The van der Waals surface area contributed by atoms with Gasteiger partial charge in [-0.1, -0.05) is 18.2 Å². The number of urea groups is 1. The van der Waals surface area contributed by atoms with Crippen molar-refractivity contribution < 1.29 is 4.79 Å². The first kappa shape index (κ1) is 14.4. The minimum absolute atomic E-state index is 0.114. The van der Waals surface area contributed by atoms with Crippen molar-refractivity contribution in [3.63, 3.8) is 0 Å². The smallest absolute Gasteiger partial charge is 0.315 e. The van der Waals surface area contributed by atoms with E-state index in [1.54, 1.807) is 12.4 Å². The van der Waals surface area contributed by atoms with Crippen LogP contribution >= 0.6 is 0 Å². The molecule has 1 aliphatic heterocycles. The molecule has 0 spiro atoms. The number of nitrogens with one attached hydrogen (secondary N) is 2. The number of hydrogen-bond acceptors (Lipinski definition) is 3. The quantitative estimate of drug-likeness (QED) is 0.909. The highest BCUT2D eigenvalue weighted by Crippen LogP contribution is 2.19. The molecule has 1 fully saturated rings. The number of amides is 2. The van der Waals surface area contributed by atoms with E-state index in [9.17, 15) is 4.79 Å². The van der Waals surface area contributed by atoms with Crippen molar-refractivity contribution in [1.29, 1.82) is 0 Å². The third-order valence-electron chi connectivity index (χ3n) is 3.85. The van der Waals surface area contributed by atoms with Gasteiger partial charge in [-0.15, -0.1) is 0 Å². The number of aromatic nitrogens is 1. The molecule has 22 heavy (non-hydrogen) atoms. The van der Waals surface area contributed by atoms with Crippen molar-refractivity contribution in [2.45, 2.75) is 19.0 Å². The molecule has 1 atom stereocenters. The lowest BCUT2D eigenvalue weighted by atomic mass is 10.2. The Kier molecular flexibility index (Phi) is 4.53. The molecule has 2 aromatic rings. The predicted octanol–water partition coefficient (Wildman–Crippen LogP) is 2.16. The van der Waals surface area contributed by atoms with Gasteiger partial charge in [-0.2, -0.15) is 0 Å². The Morgan fingerprint density at radius 3 is 2.73 bits per heavy atom. The molecule has 0 bridgehead atoms. The second-order valence-electron chi connectivity index (χ2n) is 5.45. The zero-order chi connectivity index (χ0) is 15.2. The summed E-state index contributed by atoms with van der Waals surface area (Å²) in [5.41, 5.74) is 2.26. The molecular formula is C17H20N4O. The molecule has 1 aromatic heterocycles. The normalized spacial score (nSPS) is 17.3. The van der Waals surface area contributed by atoms with Crippen LogP contribution in [0.1, 0.15) is 12.0 Å². The van der Waals surface area contributed by atoms with Crippen LogP contribution in [0.25, 0.3) is 0 Å². The highest BCUT2D eigenvalue weighted by Gasteiger charge is 2.23. The Labute approximate surface area is 130 Å². The molecule has 1 aromatic carbocycles. The molecule has 0 unspecified atom stereocenters. The number of carbonyl (C=O) groups is 1. The molecule has 2 heterocycles. The summed E-state index contributed by atoms with van der Waals surface area (Å²) in [5.74, 6) is 0. The molecule has 0 saturated carbocycles. The van der Waals surface area contributed by atoms with Crippen molar-refractivity contribution in [1.82, 2.24) is 15.6 Å². The van der Waals surface area contributed by atoms with Gasteiger partial charge in [0.25, 0.3) is 0 Å². The van der Waals surface area contributed by atoms with Gasteiger partial charge in [0.05, 0.1) is 0 Å². The van der Waals surface area contributed by atoms with E-state index in [1.165, 1.54) is 5.69 Å². The zero-order valence-electron chi connectivity index (χ0n) is 12.4. The average molecular weight is 296 g/mol. The largest absolute Gasteiger partial charge is 0.369 e. The van der Waals surface area contributed by atoms with Crippen molar-refractivity contribution in [3.8, 4) is 0 Å². The summed E-state index contributed by atoms with van der Waals surface area (Å²) < 4.78 is 0. The molecule has 5 nitrogen and oxygen atoms in total. The molecule has 0 radical (unpaired) electrons. The van der Waals surface area contributed by atoms with Crippen LogP contribution in [0.15, 0.2) is 54.9 Å². The second kappa shape index (κ2) is 6.93. The van der Waals surface area contributed by atoms with Crippen LogP contribution in [-0.4, -0.2) is 30.1 Å². The van der Waals surface area contributed by atoms with Crippen molar-refractivity contribution >= 4 is 11.7 Å². The lowest BCUT2D eigenvalue weighted by molar-refractivity contribution is 0.237. The van der Waals surface area contributed by atoms with Crippen molar-refractivity contribution in [2.24, 2.45) is 0 Å². The lowest BCUT2D eigenvalue weighted by Gasteiger charge is -2.19. The molecule has 114 valence electrons. The van der Waals surface area contributed by atoms with Gasteiger partial charge >= 0.3 is 6.03 Å². The number of para-hydroxylation sites is 1. The van der Waals surface area contributed by atoms with Gasteiger partial charge in [-0.3, -0.25) is 4.98 Å². The number of pyridine rings is 1. The highest BCUT2D eigenvalue weighted by atomic mass is 16.2. The van der Waals surface area contributed by atoms with Crippen molar-refractivity contribution in [3.05, 3.63) is 60.4 Å². The molecule has 2 N–H and O–H groups in total. The van der Waals surface area contributed by atoms with Crippen LogP contribution in [-0.2, 0) is 6.54 Å². The molecule has 1 saturated heterocycles. The van der Waals surface area contributed by atoms with E-state index in [1.807, 2.05) is 30.3 Å². The number of rotatable bonds is 4. The van der Waals surface area contributed by atoms with Crippen LogP contribution < -0.4 is 15.5 Å². The van der Waals surface area contributed by atoms with E-state index in [0.29, 0.717) is 6.54 Å². The van der Waals surface area contributed by atoms with E-state index in [2.05, 4.69) is 32.7 Å². The van der Waals surface area contributed by atoms with E-state index in [4.69, 9.17) is 0 Å². The standard InChI is InChI=1S/C17H20N4O/c22-17(19-12-14-6-9-18-10-7-14)20-15-8-11-21(13-15)16-4-2-1-3-5-16/h1-7,9-10,15H,8,11-13H2,(H2,19,20,22)/t15-/m1/s1. The Bertz CT molecular complexity index is 603. The van der Waals surface area contributed by atoms with Crippen LogP contribution in [0.2, 0.25) is 0 Å². The number of carbonyl (C=O) groups excluding carboxylic acids is 1. The van der Waals surface area contributed by atoms with E-state index in [0.717, 1.165) is 25.1 Å². The minimum Gasteiger partial charge on any atom is -0.369 e. The second-order valence-corrected chi connectivity index (χ2v) is 5.45. The fraction of sp³-hybridized carbons (Fsp3) is 0.294. The summed E-state index contributed by atoms with van der Waals surface area (Å²) in [7, 11) is 0. The summed E-state index contributed by atoms with van der Waals surface area (Å²) in [6.45, 7) is 2.34. The fourth-order valence-corrected chi connectivity index (χ4v) is 2.67. The Morgan fingerprint density at radius 2 is 1.95 bits per heavy atom. The first-order chi connectivity index (χ1) is 10.8. The number of hydrogen-bond donors (Lipinski definition) is 2. The minimum atomic E-state index is -0.114. The first-order valence-electron chi connectivity index (χ1n) is 7.54. The molecular weight excluding hydrogens is 276 g/mol.